The fraction of sp³-hybridized carbons (Fsp3) is 0.308. The first-order chi connectivity index (χ1) is 8.15. The Morgan fingerprint density at radius 2 is 2.24 bits per heavy atom. The lowest BCUT2D eigenvalue weighted by Crippen LogP contribution is -1.78. The summed E-state index contributed by atoms with van der Waals surface area (Å²) in [6.07, 6.45) is 2.01. The standard InChI is InChI=1S/C13H14BrNS2/c1-9(2)12-7-15-13(17-12)8-16-11-5-3-4-10(14)6-11/h3-7,9H,8H2,1-2H3. The lowest BCUT2D eigenvalue weighted by molar-refractivity contribution is 0.885. The molecule has 0 unspecified atom stereocenters. The molecule has 0 aliphatic carbocycles. The predicted octanol–water partition coefficient (Wildman–Crippen LogP) is 5.32. The fourth-order valence-corrected chi connectivity index (χ4v) is 3.79. The number of benzene rings is 1. The van der Waals surface area contributed by atoms with Crippen molar-refractivity contribution in [3.63, 3.8) is 0 Å². The van der Waals surface area contributed by atoms with Gasteiger partial charge in [-0.3, -0.25) is 0 Å². The lowest BCUT2D eigenvalue weighted by Gasteiger charge is -2.00. The Hall–Kier alpha value is -0.320. The highest BCUT2D eigenvalue weighted by Crippen LogP contribution is 2.29. The number of hydrogen-bond donors (Lipinski definition) is 0. The first kappa shape index (κ1) is 13.1. The molecule has 4 heteroatoms. The summed E-state index contributed by atoms with van der Waals surface area (Å²) >= 11 is 7.14. The fourth-order valence-electron chi connectivity index (χ4n) is 1.36. The zero-order chi connectivity index (χ0) is 12.3. The van der Waals surface area contributed by atoms with Crippen molar-refractivity contribution in [2.45, 2.75) is 30.4 Å². The van der Waals surface area contributed by atoms with Gasteiger partial charge in [-0.05, 0) is 24.1 Å². The predicted molar refractivity (Wildman–Crippen MR) is 79.9 cm³/mol. The summed E-state index contributed by atoms with van der Waals surface area (Å²) in [5, 5.41) is 1.21. The minimum atomic E-state index is 0.581. The molecule has 0 aliphatic heterocycles. The minimum absolute atomic E-state index is 0.581. The second-order valence-corrected chi connectivity index (χ2v) is 7.17. The van der Waals surface area contributed by atoms with Gasteiger partial charge in [0.1, 0.15) is 5.01 Å². The second kappa shape index (κ2) is 6.03. The van der Waals surface area contributed by atoms with Gasteiger partial charge < -0.3 is 0 Å². The molecule has 0 atom stereocenters. The molecule has 1 aromatic heterocycles. The van der Waals surface area contributed by atoms with Crippen LogP contribution in [-0.4, -0.2) is 4.98 Å². The Morgan fingerprint density at radius 1 is 1.41 bits per heavy atom. The van der Waals surface area contributed by atoms with Gasteiger partial charge in [0.25, 0.3) is 0 Å². The highest BCUT2D eigenvalue weighted by molar-refractivity contribution is 9.10. The number of hydrogen-bond acceptors (Lipinski definition) is 3. The maximum Gasteiger partial charge on any atom is 0.103 e. The van der Waals surface area contributed by atoms with Crippen molar-refractivity contribution in [2.75, 3.05) is 0 Å². The molecule has 2 aromatic rings. The van der Waals surface area contributed by atoms with E-state index in [0.717, 1.165) is 10.2 Å². The average molecular weight is 328 g/mol. The van der Waals surface area contributed by atoms with E-state index in [4.69, 9.17) is 0 Å². The van der Waals surface area contributed by atoms with Crippen LogP contribution in [0.4, 0.5) is 0 Å². The smallest absolute Gasteiger partial charge is 0.103 e. The highest BCUT2D eigenvalue weighted by atomic mass is 79.9. The molecule has 1 heterocycles. The van der Waals surface area contributed by atoms with E-state index < -0.39 is 0 Å². The third-order valence-electron chi connectivity index (χ3n) is 2.30. The summed E-state index contributed by atoms with van der Waals surface area (Å²) < 4.78 is 1.13. The van der Waals surface area contributed by atoms with Crippen molar-refractivity contribution in [1.29, 1.82) is 0 Å². The molecule has 0 aliphatic rings. The Labute approximate surface area is 119 Å². The van der Waals surface area contributed by atoms with Crippen LogP contribution < -0.4 is 0 Å². The largest absolute Gasteiger partial charge is 0.248 e. The molecule has 0 fully saturated rings. The van der Waals surface area contributed by atoms with E-state index in [0.29, 0.717) is 5.92 Å². The number of thiazole rings is 1. The van der Waals surface area contributed by atoms with Gasteiger partial charge in [0.15, 0.2) is 0 Å². The molecule has 2 rings (SSSR count). The van der Waals surface area contributed by atoms with Crippen LogP contribution in [0.2, 0.25) is 0 Å². The van der Waals surface area contributed by atoms with Crippen molar-refractivity contribution < 1.29 is 0 Å². The van der Waals surface area contributed by atoms with Crippen molar-refractivity contribution in [1.82, 2.24) is 4.98 Å². The van der Waals surface area contributed by atoms with Crippen molar-refractivity contribution in [3.05, 3.63) is 44.8 Å². The SMILES string of the molecule is CC(C)c1cnc(CSc2cccc(Br)c2)s1. The lowest BCUT2D eigenvalue weighted by atomic mass is 10.2. The summed E-state index contributed by atoms with van der Waals surface area (Å²) in [6.45, 7) is 4.41. The third-order valence-corrected chi connectivity index (χ3v) is 5.28. The molecule has 0 radical (unpaired) electrons. The second-order valence-electron chi connectivity index (χ2n) is 4.06. The molecule has 17 heavy (non-hydrogen) atoms. The number of halogens is 1. The third kappa shape index (κ3) is 3.83. The van der Waals surface area contributed by atoms with Crippen LogP contribution in [0.3, 0.4) is 0 Å². The Bertz CT molecular complexity index is 494. The molecule has 0 saturated carbocycles. The Kier molecular flexibility index (Phi) is 4.65. The molecular formula is C13H14BrNS2. The molecule has 0 bridgehead atoms. The van der Waals surface area contributed by atoms with Crippen LogP contribution >= 0.6 is 39.0 Å². The summed E-state index contributed by atoms with van der Waals surface area (Å²) in [4.78, 5) is 7.11. The van der Waals surface area contributed by atoms with Crippen LogP contribution in [0.1, 0.15) is 29.7 Å². The molecule has 0 N–H and O–H groups in total. The van der Waals surface area contributed by atoms with Crippen LogP contribution in [0, 0.1) is 0 Å². The van der Waals surface area contributed by atoms with E-state index in [9.17, 15) is 0 Å². The van der Waals surface area contributed by atoms with E-state index in [1.807, 2.05) is 35.4 Å². The van der Waals surface area contributed by atoms with Gasteiger partial charge in [-0.25, -0.2) is 4.98 Å². The maximum atomic E-state index is 4.46. The van der Waals surface area contributed by atoms with Crippen LogP contribution in [0.25, 0.3) is 0 Å². The number of nitrogens with zero attached hydrogens (tertiary/aromatic N) is 1. The highest BCUT2D eigenvalue weighted by Gasteiger charge is 2.06. The van der Waals surface area contributed by atoms with Crippen LogP contribution in [0.15, 0.2) is 39.8 Å². The van der Waals surface area contributed by atoms with Gasteiger partial charge in [-0.15, -0.1) is 23.1 Å². The maximum absolute atomic E-state index is 4.46. The topological polar surface area (TPSA) is 12.9 Å². The minimum Gasteiger partial charge on any atom is -0.248 e. The molecule has 90 valence electrons. The first-order valence-corrected chi connectivity index (χ1v) is 8.07. The number of rotatable bonds is 4. The zero-order valence-electron chi connectivity index (χ0n) is 9.81. The zero-order valence-corrected chi connectivity index (χ0v) is 13.0. The van der Waals surface area contributed by atoms with Gasteiger partial charge in [-0.2, -0.15) is 0 Å². The molecule has 1 nitrogen and oxygen atoms in total. The molecule has 0 spiro atoms. The monoisotopic (exact) mass is 327 g/mol. The molecule has 1 aromatic carbocycles. The van der Waals surface area contributed by atoms with Gasteiger partial charge in [0.2, 0.25) is 0 Å². The number of thioether (sulfide) groups is 1. The van der Waals surface area contributed by atoms with Crippen molar-refractivity contribution >= 4 is 39.0 Å². The first-order valence-electron chi connectivity index (χ1n) is 5.48. The summed E-state index contributed by atoms with van der Waals surface area (Å²) in [6, 6.07) is 8.38. The van der Waals surface area contributed by atoms with Gasteiger partial charge in [0, 0.05) is 20.4 Å². The Balaban J connectivity index is 1.97. The molecule has 0 saturated heterocycles. The molecular weight excluding hydrogens is 314 g/mol. The van der Waals surface area contributed by atoms with E-state index in [1.54, 1.807) is 0 Å². The van der Waals surface area contributed by atoms with Crippen LogP contribution in [-0.2, 0) is 5.75 Å². The van der Waals surface area contributed by atoms with Crippen molar-refractivity contribution in [2.24, 2.45) is 0 Å². The summed E-state index contributed by atoms with van der Waals surface area (Å²) in [7, 11) is 0. The Morgan fingerprint density at radius 3 is 2.88 bits per heavy atom. The van der Waals surface area contributed by atoms with Crippen molar-refractivity contribution in [3.8, 4) is 0 Å². The quantitative estimate of drug-likeness (QED) is 0.704. The van der Waals surface area contributed by atoms with E-state index in [1.165, 1.54) is 14.8 Å². The van der Waals surface area contributed by atoms with E-state index >= 15 is 0 Å². The molecule has 0 amide bonds. The van der Waals surface area contributed by atoms with E-state index in [-0.39, 0.29) is 0 Å². The van der Waals surface area contributed by atoms with Gasteiger partial charge in [-0.1, -0.05) is 35.8 Å². The normalized spacial score (nSPS) is 11.1. The van der Waals surface area contributed by atoms with Crippen LogP contribution in [0.5, 0.6) is 0 Å². The van der Waals surface area contributed by atoms with Gasteiger partial charge >= 0.3 is 0 Å². The number of aromatic nitrogens is 1. The summed E-state index contributed by atoms with van der Waals surface area (Å²) in [5.74, 6) is 1.53. The van der Waals surface area contributed by atoms with Gasteiger partial charge in [0.05, 0.1) is 5.75 Å². The van der Waals surface area contributed by atoms with E-state index in [2.05, 4.69) is 53.0 Å². The average Bonchev–Trinajstić information content (AvgIpc) is 2.75. The summed E-state index contributed by atoms with van der Waals surface area (Å²) in [5.41, 5.74) is 0.